The number of Topliss-reactive ketones (excluding diaryl/α,β-unsaturated/α-hetero) is 1. The van der Waals surface area contributed by atoms with E-state index in [4.69, 9.17) is 0 Å². The van der Waals surface area contributed by atoms with Gasteiger partial charge in [-0.3, -0.25) is 9.48 Å². The summed E-state index contributed by atoms with van der Waals surface area (Å²) in [4.78, 5) is 12.1. The second kappa shape index (κ2) is 5.08. The van der Waals surface area contributed by atoms with Crippen molar-refractivity contribution in [2.75, 3.05) is 0 Å². The Bertz CT molecular complexity index is 797. The van der Waals surface area contributed by atoms with Gasteiger partial charge in [0.2, 0.25) is 0 Å². The van der Waals surface area contributed by atoms with E-state index in [2.05, 4.69) is 28.8 Å². The van der Waals surface area contributed by atoms with Crippen LogP contribution in [0.5, 0.6) is 0 Å². The van der Waals surface area contributed by atoms with Crippen LogP contribution in [0.2, 0.25) is 0 Å². The van der Waals surface area contributed by atoms with Gasteiger partial charge in [-0.05, 0) is 60.4 Å². The average Bonchev–Trinajstić information content (AvgIpc) is 3.09. The van der Waals surface area contributed by atoms with Crippen LogP contribution in [0, 0.1) is 5.92 Å². The van der Waals surface area contributed by atoms with E-state index < -0.39 is 0 Å². The van der Waals surface area contributed by atoms with Crippen LogP contribution in [-0.4, -0.2) is 15.6 Å². The predicted molar refractivity (Wildman–Crippen MR) is 88.7 cm³/mol. The van der Waals surface area contributed by atoms with Crippen LogP contribution < -0.4 is 0 Å². The summed E-state index contributed by atoms with van der Waals surface area (Å²) in [6.07, 6.45) is 7.17. The minimum atomic E-state index is 0.331. The molecule has 1 aromatic carbocycles. The van der Waals surface area contributed by atoms with E-state index in [0.29, 0.717) is 18.1 Å². The monoisotopic (exact) mass is 294 g/mol. The van der Waals surface area contributed by atoms with E-state index in [0.717, 1.165) is 31.4 Å². The summed E-state index contributed by atoms with van der Waals surface area (Å²) in [6, 6.07) is 4.41. The molecular formula is C19H22N2O. The molecule has 3 nitrogen and oxygen atoms in total. The highest BCUT2D eigenvalue weighted by Crippen LogP contribution is 2.46. The van der Waals surface area contributed by atoms with Crippen molar-refractivity contribution in [2.45, 2.75) is 52.5 Å². The number of benzene rings is 1. The number of hydrogen-bond donors (Lipinski definition) is 0. The highest BCUT2D eigenvalue weighted by molar-refractivity contribution is 6.06. The zero-order chi connectivity index (χ0) is 15.3. The molecule has 4 rings (SSSR count). The Hall–Kier alpha value is -1.90. The molecule has 0 aliphatic heterocycles. The predicted octanol–water partition coefficient (Wildman–Crippen LogP) is 4.15. The van der Waals surface area contributed by atoms with Crippen LogP contribution in [0.15, 0.2) is 23.9 Å². The Balaban J connectivity index is 1.85. The van der Waals surface area contributed by atoms with Gasteiger partial charge in [-0.25, -0.2) is 0 Å². The second-order valence-corrected chi connectivity index (χ2v) is 6.65. The summed E-state index contributed by atoms with van der Waals surface area (Å²) in [6.45, 7) is 5.20. The molecule has 1 heterocycles. The van der Waals surface area contributed by atoms with Gasteiger partial charge in [0.05, 0.1) is 11.7 Å². The van der Waals surface area contributed by atoms with Crippen LogP contribution in [0.3, 0.4) is 0 Å². The van der Waals surface area contributed by atoms with Gasteiger partial charge in [-0.2, -0.15) is 5.10 Å². The van der Waals surface area contributed by atoms with Gasteiger partial charge in [-0.15, -0.1) is 0 Å². The summed E-state index contributed by atoms with van der Waals surface area (Å²) in [5.74, 6) is 0.870. The maximum absolute atomic E-state index is 12.1. The number of aryl methyl sites for hydroxylation is 1. The molecule has 1 atom stereocenters. The standard InChI is InChI=1S/C19H22N2O/c1-3-4-9-21-17-7-6-14-15(16(17)11-20-21)10-13-5-8-18(22)12(2)19(13)14/h6-7,11,13H,3-5,8-10H2,1-2H3. The number of unbranched alkanes of at least 4 members (excludes halogenated alkanes) is 1. The van der Waals surface area contributed by atoms with Gasteiger partial charge in [0.25, 0.3) is 0 Å². The number of hydrogen-bond acceptors (Lipinski definition) is 2. The molecule has 22 heavy (non-hydrogen) atoms. The van der Waals surface area contributed by atoms with E-state index in [1.54, 1.807) is 0 Å². The van der Waals surface area contributed by atoms with Crippen LogP contribution >= 0.6 is 0 Å². The third-order valence-corrected chi connectivity index (χ3v) is 5.35. The van der Waals surface area contributed by atoms with Crippen LogP contribution in [-0.2, 0) is 17.8 Å². The first-order valence-corrected chi connectivity index (χ1v) is 8.42. The topological polar surface area (TPSA) is 34.9 Å². The number of ketones is 1. The summed E-state index contributed by atoms with van der Waals surface area (Å²) in [7, 11) is 0. The molecule has 0 fully saturated rings. The molecule has 0 amide bonds. The number of rotatable bonds is 3. The Kier molecular flexibility index (Phi) is 3.17. The smallest absolute Gasteiger partial charge is 0.158 e. The van der Waals surface area contributed by atoms with Crippen LogP contribution in [0.1, 0.15) is 50.7 Å². The lowest BCUT2D eigenvalue weighted by Gasteiger charge is -2.20. The lowest BCUT2D eigenvalue weighted by atomic mass is 9.83. The van der Waals surface area contributed by atoms with Crippen molar-refractivity contribution < 1.29 is 4.79 Å². The number of carbonyl (C=O) groups is 1. The Morgan fingerprint density at radius 1 is 1.36 bits per heavy atom. The summed E-state index contributed by atoms with van der Waals surface area (Å²) >= 11 is 0. The van der Waals surface area contributed by atoms with Gasteiger partial charge in [-0.1, -0.05) is 19.4 Å². The lowest BCUT2D eigenvalue weighted by molar-refractivity contribution is -0.116. The van der Waals surface area contributed by atoms with Gasteiger partial charge in [0.1, 0.15) is 0 Å². The van der Waals surface area contributed by atoms with Gasteiger partial charge < -0.3 is 0 Å². The minimum absolute atomic E-state index is 0.331. The van der Waals surface area contributed by atoms with Crippen molar-refractivity contribution in [2.24, 2.45) is 5.92 Å². The Morgan fingerprint density at radius 3 is 3.05 bits per heavy atom. The Morgan fingerprint density at radius 2 is 2.23 bits per heavy atom. The summed E-state index contributed by atoms with van der Waals surface area (Å²) < 4.78 is 2.13. The number of nitrogens with zero attached hydrogens (tertiary/aromatic N) is 2. The molecule has 2 aromatic rings. The van der Waals surface area contributed by atoms with Crippen molar-refractivity contribution in [3.63, 3.8) is 0 Å². The van der Waals surface area contributed by atoms with Crippen molar-refractivity contribution in [3.8, 4) is 0 Å². The normalized spacial score (nSPS) is 20.6. The molecule has 0 radical (unpaired) electrons. The lowest BCUT2D eigenvalue weighted by Crippen LogP contribution is -2.14. The van der Waals surface area contributed by atoms with Crippen LogP contribution in [0.4, 0.5) is 0 Å². The average molecular weight is 294 g/mol. The molecule has 0 spiro atoms. The number of fused-ring (bicyclic) bond motifs is 5. The zero-order valence-electron chi connectivity index (χ0n) is 13.4. The van der Waals surface area contributed by atoms with E-state index >= 15 is 0 Å². The number of carbonyl (C=O) groups excluding carboxylic acids is 1. The van der Waals surface area contributed by atoms with Crippen molar-refractivity contribution in [3.05, 3.63) is 35.0 Å². The van der Waals surface area contributed by atoms with Crippen molar-refractivity contribution >= 4 is 22.3 Å². The van der Waals surface area contributed by atoms with Crippen LogP contribution in [0.25, 0.3) is 16.5 Å². The molecule has 1 unspecified atom stereocenters. The molecule has 2 aliphatic rings. The SMILES string of the molecule is CCCCn1ncc2c3c(ccc21)C1=C(C)C(=O)CCC1C3. The highest BCUT2D eigenvalue weighted by Gasteiger charge is 2.34. The molecule has 0 saturated carbocycles. The molecule has 2 aliphatic carbocycles. The maximum Gasteiger partial charge on any atom is 0.158 e. The first-order valence-electron chi connectivity index (χ1n) is 8.42. The van der Waals surface area contributed by atoms with E-state index in [9.17, 15) is 4.79 Å². The quantitative estimate of drug-likeness (QED) is 0.852. The number of aromatic nitrogens is 2. The first kappa shape index (κ1) is 13.7. The number of allylic oxidation sites excluding steroid dienone is 2. The third kappa shape index (κ3) is 1.88. The summed E-state index contributed by atoms with van der Waals surface area (Å²) in [5, 5.41) is 5.88. The zero-order valence-corrected chi connectivity index (χ0v) is 13.4. The fourth-order valence-corrected chi connectivity index (χ4v) is 4.14. The Labute approximate surface area is 131 Å². The molecule has 0 bridgehead atoms. The maximum atomic E-state index is 12.1. The summed E-state index contributed by atoms with van der Waals surface area (Å²) in [5.41, 5.74) is 6.27. The fourth-order valence-electron chi connectivity index (χ4n) is 4.14. The molecule has 3 heteroatoms. The fraction of sp³-hybridized carbons (Fsp3) is 0.474. The second-order valence-electron chi connectivity index (χ2n) is 6.65. The van der Waals surface area contributed by atoms with Crippen molar-refractivity contribution in [1.82, 2.24) is 9.78 Å². The van der Waals surface area contributed by atoms with E-state index in [1.807, 2.05) is 13.1 Å². The molecule has 1 aromatic heterocycles. The molecule has 114 valence electrons. The van der Waals surface area contributed by atoms with Gasteiger partial charge >= 0.3 is 0 Å². The van der Waals surface area contributed by atoms with Crippen molar-refractivity contribution in [1.29, 1.82) is 0 Å². The molecule has 0 N–H and O–H groups in total. The van der Waals surface area contributed by atoms with Gasteiger partial charge in [0.15, 0.2) is 5.78 Å². The highest BCUT2D eigenvalue weighted by atomic mass is 16.1. The molecule has 0 saturated heterocycles. The van der Waals surface area contributed by atoms with E-state index in [-0.39, 0.29) is 0 Å². The third-order valence-electron chi connectivity index (χ3n) is 5.35. The van der Waals surface area contributed by atoms with E-state index in [1.165, 1.54) is 34.0 Å². The molecular weight excluding hydrogens is 272 g/mol. The largest absolute Gasteiger partial charge is 0.295 e. The van der Waals surface area contributed by atoms with Gasteiger partial charge in [0, 0.05) is 18.4 Å². The minimum Gasteiger partial charge on any atom is -0.295 e. The first-order chi connectivity index (χ1) is 10.7.